The lowest BCUT2D eigenvalue weighted by Crippen LogP contribution is -2.30. The molecule has 0 aliphatic carbocycles. The van der Waals surface area contributed by atoms with Crippen molar-refractivity contribution in [2.45, 2.75) is 0 Å². The number of furan rings is 1. The lowest BCUT2D eigenvalue weighted by molar-refractivity contribution is 0.0699. The largest absolute Gasteiger partial charge is 0.478 e. The summed E-state index contributed by atoms with van der Waals surface area (Å²) in [5.74, 6) is -0.952. The van der Waals surface area contributed by atoms with E-state index in [-0.39, 0.29) is 22.3 Å². The first kappa shape index (κ1) is 12.9. The summed E-state index contributed by atoms with van der Waals surface area (Å²) in [5.41, 5.74) is -1.50. The Balaban J connectivity index is 2.52. The summed E-state index contributed by atoms with van der Waals surface area (Å²) in [7, 11) is 1.39. The molecule has 3 aromatic heterocycles. The highest BCUT2D eigenvalue weighted by molar-refractivity contribution is 6.02. The van der Waals surface area contributed by atoms with Crippen molar-refractivity contribution in [3.63, 3.8) is 0 Å². The van der Waals surface area contributed by atoms with Crippen LogP contribution in [-0.2, 0) is 7.05 Å². The third-order valence-electron chi connectivity index (χ3n) is 3.07. The van der Waals surface area contributed by atoms with E-state index >= 15 is 0 Å². The van der Waals surface area contributed by atoms with Crippen molar-refractivity contribution in [1.82, 2.24) is 14.5 Å². The lowest BCUT2D eigenvalue weighted by Gasteiger charge is -2.07. The van der Waals surface area contributed by atoms with Crippen molar-refractivity contribution in [3.8, 4) is 11.5 Å². The van der Waals surface area contributed by atoms with Gasteiger partial charge in [0.1, 0.15) is 5.69 Å². The highest BCUT2D eigenvalue weighted by Crippen LogP contribution is 2.22. The van der Waals surface area contributed by atoms with E-state index in [4.69, 9.17) is 4.42 Å². The Morgan fingerprint density at radius 2 is 2.19 bits per heavy atom. The summed E-state index contributed by atoms with van der Waals surface area (Å²) in [6, 6.07) is 4.47. The van der Waals surface area contributed by atoms with Crippen LogP contribution in [0.25, 0.3) is 22.5 Å². The van der Waals surface area contributed by atoms with E-state index in [1.54, 1.807) is 12.1 Å². The molecule has 0 spiro atoms. The molecule has 0 bridgehead atoms. The summed E-state index contributed by atoms with van der Waals surface area (Å²) in [5, 5.41) is 9.14. The molecule has 2 N–H and O–H groups in total. The van der Waals surface area contributed by atoms with Crippen LogP contribution in [0.5, 0.6) is 0 Å². The van der Waals surface area contributed by atoms with E-state index in [0.29, 0.717) is 5.76 Å². The molecule has 21 heavy (non-hydrogen) atoms. The van der Waals surface area contributed by atoms with E-state index < -0.39 is 17.2 Å². The fraction of sp³-hybridized carbons (Fsp3) is 0.0769. The summed E-state index contributed by atoms with van der Waals surface area (Å²) in [4.78, 5) is 41.1. The van der Waals surface area contributed by atoms with Crippen LogP contribution in [0.3, 0.4) is 0 Å². The van der Waals surface area contributed by atoms with Gasteiger partial charge in [0.2, 0.25) is 0 Å². The second-order valence-electron chi connectivity index (χ2n) is 4.35. The van der Waals surface area contributed by atoms with Gasteiger partial charge in [0.15, 0.2) is 11.4 Å². The van der Waals surface area contributed by atoms with E-state index in [2.05, 4.69) is 9.97 Å². The second kappa shape index (κ2) is 4.44. The Labute approximate surface area is 116 Å². The Bertz CT molecular complexity index is 966. The van der Waals surface area contributed by atoms with Crippen LogP contribution in [0.2, 0.25) is 0 Å². The number of aromatic nitrogens is 3. The number of carbonyl (C=O) groups is 1. The molecule has 0 aromatic carbocycles. The third kappa shape index (κ3) is 1.93. The molecule has 3 heterocycles. The number of aromatic carboxylic acids is 1. The molecule has 0 saturated heterocycles. The molecule has 3 aromatic rings. The number of hydrogen-bond donors (Lipinski definition) is 2. The van der Waals surface area contributed by atoms with Gasteiger partial charge >= 0.3 is 11.7 Å². The molecule has 0 unspecified atom stereocenters. The van der Waals surface area contributed by atoms with Crippen LogP contribution in [0.15, 0.2) is 38.5 Å². The highest BCUT2D eigenvalue weighted by atomic mass is 16.4. The van der Waals surface area contributed by atoms with Crippen molar-refractivity contribution >= 4 is 17.0 Å². The SMILES string of the molecule is Cn1c(=O)[nH]c(=O)c2c(C(=O)O)cc(-c3ccco3)nc21. The number of aryl methyl sites for hydroxylation is 1. The number of carboxylic acid groups (broad SMARTS) is 1. The molecular weight excluding hydrogens is 278 g/mol. The molecule has 3 rings (SSSR count). The molecule has 0 aliphatic rings. The number of rotatable bonds is 2. The zero-order chi connectivity index (χ0) is 15.1. The monoisotopic (exact) mass is 287 g/mol. The van der Waals surface area contributed by atoms with E-state index in [0.717, 1.165) is 4.57 Å². The number of H-pyrrole nitrogens is 1. The zero-order valence-electron chi connectivity index (χ0n) is 10.8. The number of hydrogen-bond acceptors (Lipinski definition) is 5. The van der Waals surface area contributed by atoms with Gasteiger partial charge in [-0.1, -0.05) is 0 Å². The minimum Gasteiger partial charge on any atom is -0.478 e. The average Bonchev–Trinajstić information content (AvgIpc) is 2.97. The number of nitrogens with one attached hydrogen (secondary N) is 1. The average molecular weight is 287 g/mol. The number of carboxylic acids is 1. The fourth-order valence-corrected chi connectivity index (χ4v) is 2.06. The van der Waals surface area contributed by atoms with Crippen LogP contribution in [0.4, 0.5) is 0 Å². The first-order valence-electron chi connectivity index (χ1n) is 5.90. The van der Waals surface area contributed by atoms with E-state index in [9.17, 15) is 19.5 Å². The van der Waals surface area contributed by atoms with Gasteiger partial charge < -0.3 is 9.52 Å². The summed E-state index contributed by atoms with van der Waals surface area (Å²) >= 11 is 0. The quantitative estimate of drug-likeness (QED) is 0.711. The molecule has 8 nitrogen and oxygen atoms in total. The van der Waals surface area contributed by atoms with Crippen LogP contribution >= 0.6 is 0 Å². The van der Waals surface area contributed by atoms with Gasteiger partial charge in [-0.15, -0.1) is 0 Å². The Hall–Kier alpha value is -3.16. The maximum atomic E-state index is 11.9. The molecule has 0 amide bonds. The zero-order valence-corrected chi connectivity index (χ0v) is 10.8. The molecule has 0 saturated carbocycles. The predicted octanol–water partition coefficient (Wildman–Crippen LogP) is 0.580. The first-order chi connectivity index (χ1) is 9.99. The summed E-state index contributed by atoms with van der Waals surface area (Å²) < 4.78 is 6.25. The number of nitrogens with zero attached hydrogens (tertiary/aromatic N) is 2. The van der Waals surface area contributed by atoms with Crippen LogP contribution < -0.4 is 11.2 Å². The molecular formula is C13H9N3O5. The molecule has 8 heteroatoms. The van der Waals surface area contributed by atoms with Gasteiger partial charge in [-0.2, -0.15) is 0 Å². The van der Waals surface area contributed by atoms with Gasteiger partial charge in [-0.25, -0.2) is 14.6 Å². The highest BCUT2D eigenvalue weighted by Gasteiger charge is 2.19. The van der Waals surface area contributed by atoms with E-state index in [1.165, 1.54) is 19.4 Å². The molecule has 106 valence electrons. The number of aromatic amines is 1. The van der Waals surface area contributed by atoms with Gasteiger partial charge in [-0.3, -0.25) is 14.3 Å². The second-order valence-corrected chi connectivity index (χ2v) is 4.35. The van der Waals surface area contributed by atoms with Crippen molar-refractivity contribution in [3.05, 3.63) is 50.9 Å². The minimum absolute atomic E-state index is 0.0185. The molecule has 0 fully saturated rings. The van der Waals surface area contributed by atoms with Gasteiger partial charge in [0.25, 0.3) is 5.56 Å². The normalized spacial score (nSPS) is 10.9. The molecule has 0 atom stereocenters. The lowest BCUT2D eigenvalue weighted by atomic mass is 10.1. The van der Waals surface area contributed by atoms with Gasteiger partial charge in [0.05, 0.1) is 17.2 Å². The summed E-state index contributed by atoms with van der Waals surface area (Å²) in [6.07, 6.45) is 1.42. The Kier molecular flexibility index (Phi) is 2.72. The standard InChI is InChI=1S/C13H9N3O5/c1-16-10-9(11(17)15-13(16)20)6(12(18)19)5-7(14-10)8-3-2-4-21-8/h2-5H,1H3,(H,18,19)(H,15,17,20). The Morgan fingerprint density at radius 1 is 1.43 bits per heavy atom. The fourth-order valence-electron chi connectivity index (χ4n) is 2.06. The van der Waals surface area contributed by atoms with Crippen LogP contribution in [0, 0.1) is 0 Å². The van der Waals surface area contributed by atoms with Crippen molar-refractivity contribution < 1.29 is 14.3 Å². The smallest absolute Gasteiger partial charge is 0.336 e. The van der Waals surface area contributed by atoms with Crippen molar-refractivity contribution in [2.75, 3.05) is 0 Å². The molecule has 0 aliphatic heterocycles. The topological polar surface area (TPSA) is 118 Å². The van der Waals surface area contributed by atoms with Gasteiger partial charge in [0, 0.05) is 7.05 Å². The van der Waals surface area contributed by atoms with Gasteiger partial charge in [-0.05, 0) is 18.2 Å². The van der Waals surface area contributed by atoms with Crippen molar-refractivity contribution in [1.29, 1.82) is 0 Å². The van der Waals surface area contributed by atoms with Crippen LogP contribution in [0.1, 0.15) is 10.4 Å². The Morgan fingerprint density at radius 3 is 2.81 bits per heavy atom. The van der Waals surface area contributed by atoms with Crippen molar-refractivity contribution in [2.24, 2.45) is 7.05 Å². The third-order valence-corrected chi connectivity index (χ3v) is 3.07. The predicted molar refractivity (Wildman–Crippen MR) is 72.3 cm³/mol. The maximum Gasteiger partial charge on any atom is 0.336 e. The number of pyridine rings is 1. The first-order valence-corrected chi connectivity index (χ1v) is 5.90. The van der Waals surface area contributed by atoms with E-state index in [1.807, 2.05) is 0 Å². The maximum absolute atomic E-state index is 11.9. The minimum atomic E-state index is -1.29. The number of fused-ring (bicyclic) bond motifs is 1. The van der Waals surface area contributed by atoms with Crippen LogP contribution in [-0.4, -0.2) is 25.6 Å². The molecule has 0 radical (unpaired) electrons. The summed E-state index contributed by atoms with van der Waals surface area (Å²) in [6.45, 7) is 0.